The molecular formula is C16H23N7O. The van der Waals surface area contributed by atoms with Crippen LogP contribution < -0.4 is 4.90 Å². The van der Waals surface area contributed by atoms with E-state index in [9.17, 15) is 4.79 Å². The van der Waals surface area contributed by atoms with E-state index >= 15 is 0 Å². The third-order valence-electron chi connectivity index (χ3n) is 5.23. The van der Waals surface area contributed by atoms with Crippen molar-refractivity contribution >= 4 is 17.4 Å². The lowest BCUT2D eigenvalue weighted by Gasteiger charge is -2.46. The van der Waals surface area contributed by atoms with Crippen LogP contribution in [0.3, 0.4) is 0 Å². The second-order valence-corrected chi connectivity index (χ2v) is 7.00. The Hall–Kier alpha value is -2.22. The normalized spacial score (nSPS) is 22.5. The second-order valence-electron chi connectivity index (χ2n) is 7.00. The minimum atomic E-state index is 0.277. The number of aromatic nitrogens is 4. The van der Waals surface area contributed by atoms with E-state index in [0.29, 0.717) is 18.4 Å². The minimum Gasteiger partial charge on any atom is -0.352 e. The van der Waals surface area contributed by atoms with Gasteiger partial charge in [0.1, 0.15) is 12.1 Å². The monoisotopic (exact) mass is 329 g/mol. The highest BCUT2D eigenvalue weighted by Gasteiger charge is 2.33. The number of carbonyl (C=O) groups excluding carboxylic acids is 1. The van der Waals surface area contributed by atoms with Crippen LogP contribution in [0.25, 0.3) is 5.65 Å². The van der Waals surface area contributed by atoms with Crippen LogP contribution in [-0.2, 0) is 4.79 Å². The van der Waals surface area contributed by atoms with Gasteiger partial charge in [0.2, 0.25) is 5.91 Å². The van der Waals surface area contributed by atoms with Crippen LogP contribution in [0.5, 0.6) is 0 Å². The average Bonchev–Trinajstić information content (AvgIpc) is 2.97. The van der Waals surface area contributed by atoms with Gasteiger partial charge in [-0.1, -0.05) is 0 Å². The van der Waals surface area contributed by atoms with E-state index in [0.717, 1.165) is 44.1 Å². The summed E-state index contributed by atoms with van der Waals surface area (Å²) in [5, 5.41) is 12.4. The molecule has 2 aliphatic heterocycles. The van der Waals surface area contributed by atoms with Crippen molar-refractivity contribution in [2.24, 2.45) is 5.92 Å². The zero-order valence-electron chi connectivity index (χ0n) is 14.2. The molecule has 0 saturated carbocycles. The van der Waals surface area contributed by atoms with Crippen molar-refractivity contribution in [1.29, 1.82) is 0 Å². The first-order valence-corrected chi connectivity index (χ1v) is 8.46. The maximum Gasteiger partial charge on any atom is 0.222 e. The first-order chi connectivity index (χ1) is 11.6. The van der Waals surface area contributed by atoms with E-state index in [-0.39, 0.29) is 5.91 Å². The molecule has 1 atom stereocenters. The predicted molar refractivity (Wildman–Crippen MR) is 89.8 cm³/mol. The van der Waals surface area contributed by atoms with Gasteiger partial charge in [0.05, 0.1) is 0 Å². The summed E-state index contributed by atoms with van der Waals surface area (Å²) in [7, 11) is 4.10. The topological polar surface area (TPSA) is 69.9 Å². The van der Waals surface area contributed by atoms with Crippen LogP contribution in [0.4, 0.5) is 5.82 Å². The van der Waals surface area contributed by atoms with E-state index in [1.54, 1.807) is 10.8 Å². The fourth-order valence-electron chi connectivity index (χ4n) is 3.61. The lowest BCUT2D eigenvalue weighted by Crippen LogP contribution is -2.60. The molecule has 0 aromatic carbocycles. The van der Waals surface area contributed by atoms with Gasteiger partial charge in [-0.15, -0.1) is 15.3 Å². The molecule has 24 heavy (non-hydrogen) atoms. The minimum absolute atomic E-state index is 0.277. The van der Waals surface area contributed by atoms with Crippen molar-refractivity contribution in [2.45, 2.75) is 18.9 Å². The third kappa shape index (κ3) is 2.82. The first-order valence-electron chi connectivity index (χ1n) is 8.46. The Kier molecular flexibility index (Phi) is 3.84. The summed E-state index contributed by atoms with van der Waals surface area (Å²) in [5.74, 6) is 1.83. The lowest BCUT2D eigenvalue weighted by molar-refractivity contribution is -0.133. The fraction of sp³-hybridized carbons (Fsp3) is 0.625. The number of likely N-dealkylation sites (N-methyl/N-ethyl adjacent to an activating group) is 1. The molecule has 0 N–H and O–H groups in total. The van der Waals surface area contributed by atoms with Crippen LogP contribution in [-0.4, -0.2) is 81.8 Å². The van der Waals surface area contributed by atoms with Crippen molar-refractivity contribution < 1.29 is 4.79 Å². The van der Waals surface area contributed by atoms with E-state index in [1.165, 1.54) is 0 Å². The number of fused-ring (bicyclic) bond motifs is 1. The van der Waals surface area contributed by atoms with Gasteiger partial charge in [-0.3, -0.25) is 9.69 Å². The van der Waals surface area contributed by atoms with E-state index in [1.807, 2.05) is 24.1 Å². The SMILES string of the molecule is CN1CC(CN(C)C2CN(c3ccc4nncn4n3)C2)CCC1=O. The number of nitrogens with zero attached hydrogens (tertiary/aromatic N) is 7. The molecule has 1 amide bonds. The summed E-state index contributed by atoms with van der Waals surface area (Å²) in [4.78, 5) is 18.2. The molecule has 2 aromatic rings. The molecule has 128 valence electrons. The summed E-state index contributed by atoms with van der Waals surface area (Å²) >= 11 is 0. The van der Waals surface area contributed by atoms with Crippen LogP contribution >= 0.6 is 0 Å². The molecule has 2 aliphatic rings. The number of hydrogen-bond acceptors (Lipinski definition) is 6. The Morgan fingerprint density at radius 3 is 2.92 bits per heavy atom. The van der Waals surface area contributed by atoms with Crippen molar-refractivity contribution in [1.82, 2.24) is 29.6 Å². The smallest absolute Gasteiger partial charge is 0.222 e. The van der Waals surface area contributed by atoms with Gasteiger partial charge in [0, 0.05) is 45.7 Å². The maximum atomic E-state index is 11.6. The molecule has 2 saturated heterocycles. The largest absolute Gasteiger partial charge is 0.352 e. The Morgan fingerprint density at radius 1 is 1.29 bits per heavy atom. The highest BCUT2D eigenvalue weighted by atomic mass is 16.2. The van der Waals surface area contributed by atoms with Gasteiger partial charge in [0.25, 0.3) is 0 Å². The van der Waals surface area contributed by atoms with Crippen molar-refractivity contribution in [3.8, 4) is 0 Å². The summed E-state index contributed by atoms with van der Waals surface area (Å²) in [5.41, 5.74) is 0.768. The molecule has 0 bridgehead atoms. The van der Waals surface area contributed by atoms with Gasteiger partial charge < -0.3 is 9.80 Å². The number of anilines is 1. The molecule has 4 heterocycles. The average molecular weight is 329 g/mol. The number of carbonyl (C=O) groups is 1. The Morgan fingerprint density at radius 2 is 2.12 bits per heavy atom. The summed E-state index contributed by atoms with van der Waals surface area (Å²) < 4.78 is 1.71. The van der Waals surface area contributed by atoms with Crippen molar-refractivity contribution in [2.75, 3.05) is 45.2 Å². The Bertz CT molecular complexity index is 739. The van der Waals surface area contributed by atoms with E-state index in [4.69, 9.17) is 0 Å². The van der Waals surface area contributed by atoms with Crippen LogP contribution in [0.15, 0.2) is 18.5 Å². The molecule has 2 fully saturated rings. The number of amides is 1. The molecular weight excluding hydrogens is 306 g/mol. The zero-order valence-corrected chi connectivity index (χ0v) is 14.2. The van der Waals surface area contributed by atoms with Crippen LogP contribution in [0.1, 0.15) is 12.8 Å². The highest BCUT2D eigenvalue weighted by molar-refractivity contribution is 5.76. The van der Waals surface area contributed by atoms with Gasteiger partial charge in [-0.25, -0.2) is 0 Å². The summed E-state index contributed by atoms with van der Waals surface area (Å²) in [6.07, 6.45) is 3.33. The van der Waals surface area contributed by atoms with E-state index < -0.39 is 0 Å². The number of likely N-dealkylation sites (tertiary alicyclic amines) is 1. The number of hydrogen-bond donors (Lipinski definition) is 0. The van der Waals surface area contributed by atoms with Gasteiger partial charge in [-0.05, 0) is 31.5 Å². The highest BCUT2D eigenvalue weighted by Crippen LogP contribution is 2.23. The summed E-state index contributed by atoms with van der Waals surface area (Å²) in [6.45, 7) is 3.90. The zero-order chi connectivity index (χ0) is 16.7. The molecule has 0 radical (unpaired) electrons. The molecule has 8 heteroatoms. The maximum absolute atomic E-state index is 11.6. The van der Waals surface area contributed by atoms with E-state index in [2.05, 4.69) is 32.1 Å². The summed E-state index contributed by atoms with van der Waals surface area (Å²) in [6, 6.07) is 4.50. The van der Waals surface area contributed by atoms with Crippen molar-refractivity contribution in [3.63, 3.8) is 0 Å². The Balaban J connectivity index is 1.31. The number of piperidine rings is 1. The molecule has 8 nitrogen and oxygen atoms in total. The molecule has 4 rings (SSSR count). The molecule has 1 unspecified atom stereocenters. The molecule has 0 aliphatic carbocycles. The molecule has 0 spiro atoms. The fourth-order valence-corrected chi connectivity index (χ4v) is 3.61. The lowest BCUT2D eigenvalue weighted by atomic mass is 9.96. The van der Waals surface area contributed by atoms with Gasteiger partial charge in [-0.2, -0.15) is 4.52 Å². The Labute approximate surface area is 141 Å². The molecule has 2 aromatic heterocycles. The third-order valence-corrected chi connectivity index (χ3v) is 5.23. The van der Waals surface area contributed by atoms with Crippen LogP contribution in [0, 0.1) is 5.92 Å². The second kappa shape index (κ2) is 6.01. The van der Waals surface area contributed by atoms with Crippen LogP contribution in [0.2, 0.25) is 0 Å². The predicted octanol–water partition coefficient (Wildman–Crippen LogP) is 0.113. The van der Waals surface area contributed by atoms with Gasteiger partial charge in [0.15, 0.2) is 5.65 Å². The first kappa shape index (κ1) is 15.3. The quantitative estimate of drug-likeness (QED) is 0.793. The standard InChI is InChI=1S/C16H23N7O/c1-20(7-12-3-6-16(24)21(2)8-12)13-9-22(10-13)15-5-4-14-18-17-11-23(14)19-15/h4-5,11-13H,3,6-10H2,1-2H3. The van der Waals surface area contributed by atoms with Gasteiger partial charge >= 0.3 is 0 Å². The van der Waals surface area contributed by atoms with Crippen molar-refractivity contribution in [3.05, 3.63) is 18.5 Å². The number of rotatable bonds is 4.